The third kappa shape index (κ3) is 2.58. The van der Waals surface area contributed by atoms with Crippen LogP contribution in [0.2, 0.25) is 0 Å². The highest BCUT2D eigenvalue weighted by atomic mass is 16.5. The van der Waals surface area contributed by atoms with Crippen molar-refractivity contribution in [2.45, 2.75) is 18.9 Å². The van der Waals surface area contributed by atoms with Crippen LogP contribution in [0.25, 0.3) is 0 Å². The number of likely N-dealkylation sites (N-methyl/N-ethyl adjacent to an activating group) is 1. The Balaban J connectivity index is 2.07. The Morgan fingerprint density at radius 3 is 2.88 bits per heavy atom. The van der Waals surface area contributed by atoms with Crippen molar-refractivity contribution in [3.05, 3.63) is 24.3 Å². The van der Waals surface area contributed by atoms with Gasteiger partial charge < -0.3 is 10.1 Å². The van der Waals surface area contributed by atoms with Gasteiger partial charge in [-0.2, -0.15) is 0 Å². The van der Waals surface area contributed by atoms with Gasteiger partial charge >= 0.3 is 0 Å². The highest BCUT2D eigenvalue weighted by Crippen LogP contribution is 2.24. The minimum absolute atomic E-state index is 0.0140. The maximum Gasteiger partial charge on any atom is 0.241 e. The zero-order valence-corrected chi connectivity index (χ0v) is 10.3. The van der Waals surface area contributed by atoms with Gasteiger partial charge in [-0.25, -0.2) is 0 Å². The van der Waals surface area contributed by atoms with Crippen LogP contribution >= 0.6 is 0 Å². The van der Waals surface area contributed by atoms with E-state index in [0.717, 1.165) is 25.1 Å². The minimum atomic E-state index is -0.0140. The molecule has 0 radical (unpaired) electrons. The smallest absolute Gasteiger partial charge is 0.241 e. The number of nitrogens with zero attached hydrogens (tertiary/aromatic N) is 1. The molecule has 0 saturated carbocycles. The molecule has 17 heavy (non-hydrogen) atoms. The summed E-state index contributed by atoms with van der Waals surface area (Å²) in [7, 11) is 3.59. The van der Waals surface area contributed by atoms with Crippen LogP contribution in [0.4, 0.5) is 5.69 Å². The van der Waals surface area contributed by atoms with Crippen LogP contribution in [0.3, 0.4) is 0 Å². The monoisotopic (exact) mass is 234 g/mol. The molecule has 1 amide bonds. The lowest BCUT2D eigenvalue weighted by Crippen LogP contribution is -2.37. The second-order valence-corrected chi connectivity index (χ2v) is 4.33. The predicted molar refractivity (Wildman–Crippen MR) is 67.3 cm³/mol. The van der Waals surface area contributed by atoms with E-state index in [2.05, 4.69) is 10.2 Å². The van der Waals surface area contributed by atoms with Gasteiger partial charge in [-0.1, -0.05) is 12.1 Å². The van der Waals surface area contributed by atoms with E-state index in [0.29, 0.717) is 5.75 Å². The zero-order chi connectivity index (χ0) is 12.3. The van der Waals surface area contributed by atoms with Crippen molar-refractivity contribution in [2.75, 3.05) is 26.0 Å². The number of amides is 1. The molecule has 1 atom stereocenters. The van der Waals surface area contributed by atoms with E-state index in [1.807, 2.05) is 31.3 Å². The average molecular weight is 234 g/mol. The van der Waals surface area contributed by atoms with E-state index in [1.165, 1.54) is 0 Å². The molecule has 1 N–H and O–H groups in total. The van der Waals surface area contributed by atoms with Gasteiger partial charge in [-0.15, -0.1) is 0 Å². The van der Waals surface area contributed by atoms with E-state index in [4.69, 9.17) is 4.74 Å². The zero-order valence-electron chi connectivity index (χ0n) is 10.3. The molecule has 1 aromatic rings. The number of benzene rings is 1. The van der Waals surface area contributed by atoms with Crippen molar-refractivity contribution < 1.29 is 9.53 Å². The summed E-state index contributed by atoms with van der Waals surface area (Å²) in [6, 6.07) is 7.45. The lowest BCUT2D eigenvalue weighted by molar-refractivity contribution is -0.119. The number of nitrogens with one attached hydrogen (secondary N) is 1. The molecule has 4 heteroatoms. The molecule has 1 saturated heterocycles. The quantitative estimate of drug-likeness (QED) is 0.866. The second-order valence-electron chi connectivity index (χ2n) is 4.33. The largest absolute Gasteiger partial charge is 0.495 e. The predicted octanol–water partition coefficient (Wildman–Crippen LogP) is 1.73. The highest BCUT2D eigenvalue weighted by Gasteiger charge is 2.27. The second kappa shape index (κ2) is 5.19. The summed E-state index contributed by atoms with van der Waals surface area (Å²) in [6.07, 6.45) is 2.01. The lowest BCUT2D eigenvalue weighted by atomic mass is 10.2. The number of hydrogen-bond donors (Lipinski definition) is 1. The van der Waals surface area contributed by atoms with E-state index in [-0.39, 0.29) is 11.9 Å². The Kier molecular flexibility index (Phi) is 3.64. The molecular weight excluding hydrogens is 216 g/mol. The van der Waals surface area contributed by atoms with Crippen LogP contribution in [-0.2, 0) is 4.79 Å². The van der Waals surface area contributed by atoms with E-state index >= 15 is 0 Å². The van der Waals surface area contributed by atoms with Gasteiger partial charge in [-0.05, 0) is 38.6 Å². The van der Waals surface area contributed by atoms with Crippen molar-refractivity contribution in [1.29, 1.82) is 0 Å². The van der Waals surface area contributed by atoms with Crippen molar-refractivity contribution in [2.24, 2.45) is 0 Å². The summed E-state index contributed by atoms with van der Waals surface area (Å²) in [5.41, 5.74) is 0.736. The van der Waals surface area contributed by atoms with Gasteiger partial charge in [0, 0.05) is 0 Å². The third-order valence-corrected chi connectivity index (χ3v) is 3.19. The number of carbonyl (C=O) groups is 1. The molecule has 0 aromatic heterocycles. The van der Waals surface area contributed by atoms with Crippen LogP contribution in [-0.4, -0.2) is 37.6 Å². The average Bonchev–Trinajstić information content (AvgIpc) is 2.76. The third-order valence-electron chi connectivity index (χ3n) is 3.19. The maximum atomic E-state index is 12.1. The molecule has 1 aliphatic rings. The number of carbonyl (C=O) groups excluding carboxylic acids is 1. The molecule has 2 rings (SSSR count). The number of hydrogen-bond acceptors (Lipinski definition) is 3. The first-order chi connectivity index (χ1) is 8.22. The van der Waals surface area contributed by atoms with Crippen LogP contribution in [0, 0.1) is 0 Å². The van der Waals surface area contributed by atoms with Gasteiger partial charge in [-0.3, -0.25) is 9.69 Å². The summed E-state index contributed by atoms with van der Waals surface area (Å²) in [6.45, 7) is 0.990. The summed E-state index contributed by atoms with van der Waals surface area (Å²) < 4.78 is 5.21. The summed E-state index contributed by atoms with van der Waals surface area (Å²) in [4.78, 5) is 14.2. The maximum absolute atomic E-state index is 12.1. The minimum Gasteiger partial charge on any atom is -0.495 e. The van der Waals surface area contributed by atoms with Crippen molar-refractivity contribution in [3.8, 4) is 5.75 Å². The molecule has 0 spiro atoms. The van der Waals surface area contributed by atoms with Crippen LogP contribution in [0.15, 0.2) is 24.3 Å². The van der Waals surface area contributed by atoms with Gasteiger partial charge in [0.2, 0.25) is 5.91 Å². The van der Waals surface area contributed by atoms with E-state index in [9.17, 15) is 4.79 Å². The molecular formula is C13H18N2O2. The molecule has 1 heterocycles. The van der Waals surface area contributed by atoms with E-state index < -0.39 is 0 Å². The SMILES string of the molecule is COc1ccccc1NC(=O)C1CCCN1C. The summed E-state index contributed by atoms with van der Waals surface area (Å²) >= 11 is 0. The van der Waals surface area contributed by atoms with Gasteiger partial charge in [0.1, 0.15) is 5.75 Å². The number of rotatable bonds is 3. The van der Waals surface area contributed by atoms with Crippen molar-refractivity contribution in [3.63, 3.8) is 0 Å². The molecule has 4 nitrogen and oxygen atoms in total. The van der Waals surface area contributed by atoms with Crippen molar-refractivity contribution in [1.82, 2.24) is 4.90 Å². The number of methoxy groups -OCH3 is 1. The number of ether oxygens (including phenoxy) is 1. The first kappa shape index (κ1) is 11.9. The normalized spacial score (nSPS) is 20.2. The molecule has 92 valence electrons. The number of para-hydroxylation sites is 2. The van der Waals surface area contributed by atoms with E-state index in [1.54, 1.807) is 7.11 Å². The standard InChI is InChI=1S/C13H18N2O2/c1-15-9-5-7-11(15)13(16)14-10-6-3-4-8-12(10)17-2/h3-4,6,8,11H,5,7,9H2,1-2H3,(H,14,16). The van der Waals surface area contributed by atoms with Crippen LogP contribution < -0.4 is 10.1 Å². The molecule has 1 fully saturated rings. The summed E-state index contributed by atoms with van der Waals surface area (Å²) in [5, 5.41) is 2.93. The van der Waals surface area contributed by atoms with Crippen LogP contribution in [0.1, 0.15) is 12.8 Å². The first-order valence-corrected chi connectivity index (χ1v) is 5.86. The molecule has 1 aromatic carbocycles. The molecule has 0 bridgehead atoms. The fourth-order valence-corrected chi connectivity index (χ4v) is 2.21. The number of anilines is 1. The first-order valence-electron chi connectivity index (χ1n) is 5.86. The topological polar surface area (TPSA) is 41.6 Å². The van der Waals surface area contributed by atoms with Gasteiger partial charge in [0.15, 0.2) is 0 Å². The van der Waals surface area contributed by atoms with Crippen LogP contribution in [0.5, 0.6) is 5.75 Å². The Labute approximate surface area is 102 Å². The number of likely N-dealkylation sites (tertiary alicyclic amines) is 1. The Hall–Kier alpha value is -1.55. The molecule has 1 unspecified atom stereocenters. The fraction of sp³-hybridized carbons (Fsp3) is 0.462. The van der Waals surface area contributed by atoms with Gasteiger partial charge in [0.25, 0.3) is 0 Å². The molecule has 1 aliphatic heterocycles. The highest BCUT2D eigenvalue weighted by molar-refractivity contribution is 5.96. The Morgan fingerprint density at radius 1 is 1.47 bits per heavy atom. The Morgan fingerprint density at radius 2 is 2.24 bits per heavy atom. The fourth-order valence-electron chi connectivity index (χ4n) is 2.21. The van der Waals surface area contributed by atoms with Gasteiger partial charge in [0.05, 0.1) is 18.8 Å². The molecule has 0 aliphatic carbocycles. The summed E-state index contributed by atoms with van der Waals surface area (Å²) in [5.74, 6) is 0.746. The Bertz CT molecular complexity index is 406. The lowest BCUT2D eigenvalue weighted by Gasteiger charge is -2.19. The van der Waals surface area contributed by atoms with Crippen molar-refractivity contribution >= 4 is 11.6 Å².